The smallest absolute Gasteiger partial charge is 0.246 e. The number of hydrogen-bond acceptors (Lipinski definition) is 3. The SMILES string of the molecule is CN(Cc1cccs1)C(=O)C=Cc1cccc2cccnc12. The van der Waals surface area contributed by atoms with Crippen LogP contribution in [-0.4, -0.2) is 22.8 Å². The van der Waals surface area contributed by atoms with Crippen LogP contribution in [-0.2, 0) is 11.3 Å². The molecule has 0 bridgehead atoms. The van der Waals surface area contributed by atoms with Gasteiger partial charge in [0.15, 0.2) is 0 Å². The van der Waals surface area contributed by atoms with Crippen molar-refractivity contribution in [1.82, 2.24) is 9.88 Å². The topological polar surface area (TPSA) is 33.2 Å². The first-order valence-electron chi connectivity index (χ1n) is 7.03. The second-order valence-electron chi connectivity index (χ2n) is 5.03. The largest absolute Gasteiger partial charge is 0.337 e. The summed E-state index contributed by atoms with van der Waals surface area (Å²) in [5, 5.41) is 3.09. The molecule has 0 unspecified atom stereocenters. The molecule has 3 nitrogen and oxygen atoms in total. The van der Waals surface area contributed by atoms with Crippen molar-refractivity contribution >= 4 is 34.2 Å². The molecule has 0 spiro atoms. The Morgan fingerprint density at radius 1 is 1.23 bits per heavy atom. The van der Waals surface area contributed by atoms with Crippen LogP contribution >= 0.6 is 11.3 Å². The molecule has 0 saturated carbocycles. The molecule has 0 aliphatic rings. The molecule has 110 valence electrons. The summed E-state index contributed by atoms with van der Waals surface area (Å²) in [7, 11) is 1.81. The molecule has 0 saturated heterocycles. The number of pyridine rings is 1. The predicted octanol–water partition coefficient (Wildman–Crippen LogP) is 3.97. The summed E-state index contributed by atoms with van der Waals surface area (Å²) < 4.78 is 0. The van der Waals surface area contributed by atoms with Crippen molar-refractivity contribution in [2.24, 2.45) is 0 Å². The third-order valence-electron chi connectivity index (χ3n) is 3.42. The average molecular weight is 308 g/mol. The van der Waals surface area contributed by atoms with Gasteiger partial charge in [0.05, 0.1) is 12.1 Å². The van der Waals surface area contributed by atoms with E-state index >= 15 is 0 Å². The Balaban J connectivity index is 1.76. The molecular weight excluding hydrogens is 292 g/mol. The van der Waals surface area contributed by atoms with E-state index in [1.54, 1.807) is 28.5 Å². The van der Waals surface area contributed by atoms with Crippen molar-refractivity contribution in [3.8, 4) is 0 Å². The lowest BCUT2D eigenvalue weighted by atomic mass is 10.1. The zero-order chi connectivity index (χ0) is 15.4. The van der Waals surface area contributed by atoms with E-state index in [9.17, 15) is 4.79 Å². The number of rotatable bonds is 4. The van der Waals surface area contributed by atoms with E-state index < -0.39 is 0 Å². The number of para-hydroxylation sites is 1. The van der Waals surface area contributed by atoms with Crippen molar-refractivity contribution < 1.29 is 4.79 Å². The number of benzene rings is 1. The van der Waals surface area contributed by atoms with E-state index in [-0.39, 0.29) is 5.91 Å². The van der Waals surface area contributed by atoms with Crippen molar-refractivity contribution in [1.29, 1.82) is 0 Å². The molecule has 2 heterocycles. The summed E-state index contributed by atoms with van der Waals surface area (Å²) in [6.45, 7) is 0.634. The highest BCUT2D eigenvalue weighted by Gasteiger charge is 2.06. The summed E-state index contributed by atoms with van der Waals surface area (Å²) >= 11 is 1.66. The molecular formula is C18H16N2OS. The molecule has 22 heavy (non-hydrogen) atoms. The Labute approximate surface area is 133 Å². The summed E-state index contributed by atoms with van der Waals surface area (Å²) in [5.74, 6) is -0.0127. The fourth-order valence-corrected chi connectivity index (χ4v) is 3.02. The van der Waals surface area contributed by atoms with Crippen LogP contribution in [0.25, 0.3) is 17.0 Å². The number of aromatic nitrogens is 1. The number of fused-ring (bicyclic) bond motifs is 1. The normalized spacial score (nSPS) is 11.1. The van der Waals surface area contributed by atoms with Crippen LogP contribution in [0.15, 0.2) is 60.1 Å². The zero-order valence-electron chi connectivity index (χ0n) is 12.3. The Bertz CT molecular complexity index is 804. The van der Waals surface area contributed by atoms with Gasteiger partial charge in [-0.3, -0.25) is 9.78 Å². The maximum atomic E-state index is 12.2. The van der Waals surface area contributed by atoms with Crippen molar-refractivity contribution in [2.45, 2.75) is 6.54 Å². The van der Waals surface area contributed by atoms with Gasteiger partial charge in [-0.1, -0.05) is 30.3 Å². The van der Waals surface area contributed by atoms with Gasteiger partial charge in [0.1, 0.15) is 0 Å². The first-order chi connectivity index (χ1) is 10.7. The minimum Gasteiger partial charge on any atom is -0.337 e. The highest BCUT2D eigenvalue weighted by atomic mass is 32.1. The second kappa shape index (κ2) is 6.54. The van der Waals surface area contributed by atoms with Gasteiger partial charge in [-0.15, -0.1) is 11.3 Å². The zero-order valence-corrected chi connectivity index (χ0v) is 13.1. The Morgan fingerprint density at radius 3 is 2.91 bits per heavy atom. The molecule has 3 aromatic rings. The summed E-state index contributed by atoms with van der Waals surface area (Å²) in [4.78, 5) is 19.5. The van der Waals surface area contributed by atoms with Crippen molar-refractivity contribution in [3.63, 3.8) is 0 Å². The Hall–Kier alpha value is -2.46. The molecule has 3 rings (SSSR count). The first-order valence-corrected chi connectivity index (χ1v) is 7.91. The number of hydrogen-bond donors (Lipinski definition) is 0. The van der Waals surface area contributed by atoms with Gasteiger partial charge >= 0.3 is 0 Å². The molecule has 0 N–H and O–H groups in total. The Kier molecular flexibility index (Phi) is 4.30. The number of nitrogens with zero attached hydrogens (tertiary/aromatic N) is 2. The Morgan fingerprint density at radius 2 is 2.09 bits per heavy atom. The van der Waals surface area contributed by atoms with Gasteiger partial charge in [0.2, 0.25) is 5.91 Å². The predicted molar refractivity (Wildman–Crippen MR) is 91.6 cm³/mol. The summed E-state index contributed by atoms with van der Waals surface area (Å²) in [6.07, 6.45) is 5.21. The second-order valence-corrected chi connectivity index (χ2v) is 6.06. The van der Waals surface area contributed by atoms with Crippen LogP contribution in [0.4, 0.5) is 0 Å². The van der Waals surface area contributed by atoms with E-state index in [0.717, 1.165) is 16.5 Å². The fourth-order valence-electron chi connectivity index (χ4n) is 2.26. The van der Waals surface area contributed by atoms with Gasteiger partial charge in [-0.05, 0) is 23.6 Å². The number of carbonyl (C=O) groups excluding carboxylic acids is 1. The van der Waals surface area contributed by atoms with Crippen LogP contribution in [0.2, 0.25) is 0 Å². The number of thiophene rings is 1. The molecule has 1 aromatic carbocycles. The highest BCUT2D eigenvalue weighted by molar-refractivity contribution is 7.09. The van der Waals surface area contributed by atoms with Gasteiger partial charge in [-0.25, -0.2) is 0 Å². The lowest BCUT2D eigenvalue weighted by Gasteiger charge is -2.13. The van der Waals surface area contributed by atoms with Gasteiger partial charge in [0, 0.05) is 35.1 Å². The van der Waals surface area contributed by atoms with Crippen molar-refractivity contribution in [2.75, 3.05) is 7.05 Å². The summed E-state index contributed by atoms with van der Waals surface area (Å²) in [6, 6.07) is 13.9. The molecule has 0 radical (unpaired) electrons. The van der Waals surface area contributed by atoms with E-state index in [4.69, 9.17) is 0 Å². The van der Waals surface area contributed by atoms with E-state index in [1.807, 2.05) is 61.0 Å². The number of likely N-dealkylation sites (N-methyl/N-ethyl adjacent to an activating group) is 1. The molecule has 2 aromatic heterocycles. The van der Waals surface area contributed by atoms with E-state index in [2.05, 4.69) is 4.98 Å². The summed E-state index contributed by atoms with van der Waals surface area (Å²) in [5.41, 5.74) is 1.87. The quantitative estimate of drug-likeness (QED) is 0.683. The molecule has 0 fully saturated rings. The van der Waals surface area contributed by atoms with Crippen LogP contribution in [0.1, 0.15) is 10.4 Å². The molecule has 4 heteroatoms. The molecule has 0 atom stereocenters. The first kappa shape index (κ1) is 14.5. The maximum absolute atomic E-state index is 12.2. The standard InChI is InChI=1S/C18H16N2OS/c1-20(13-16-8-4-12-22-16)17(21)10-9-15-6-2-5-14-7-3-11-19-18(14)15/h2-12H,13H2,1H3. The number of amides is 1. The minimum atomic E-state index is -0.0127. The van der Waals surface area contributed by atoms with E-state index in [0.29, 0.717) is 6.54 Å². The minimum absolute atomic E-state index is 0.0127. The van der Waals surface area contributed by atoms with Crippen LogP contribution in [0.3, 0.4) is 0 Å². The van der Waals surface area contributed by atoms with E-state index in [1.165, 1.54) is 4.88 Å². The van der Waals surface area contributed by atoms with Gasteiger partial charge in [-0.2, -0.15) is 0 Å². The third kappa shape index (κ3) is 3.23. The lowest BCUT2D eigenvalue weighted by Crippen LogP contribution is -2.23. The van der Waals surface area contributed by atoms with Crippen LogP contribution < -0.4 is 0 Å². The lowest BCUT2D eigenvalue weighted by molar-refractivity contribution is -0.125. The number of carbonyl (C=O) groups is 1. The third-order valence-corrected chi connectivity index (χ3v) is 4.28. The highest BCUT2D eigenvalue weighted by Crippen LogP contribution is 2.17. The molecule has 0 aliphatic carbocycles. The van der Waals surface area contributed by atoms with Crippen LogP contribution in [0, 0.1) is 0 Å². The molecule has 1 amide bonds. The molecule has 0 aliphatic heterocycles. The average Bonchev–Trinajstić information content (AvgIpc) is 3.05. The van der Waals surface area contributed by atoms with Crippen LogP contribution in [0.5, 0.6) is 0 Å². The van der Waals surface area contributed by atoms with Gasteiger partial charge < -0.3 is 4.90 Å². The maximum Gasteiger partial charge on any atom is 0.246 e. The fraction of sp³-hybridized carbons (Fsp3) is 0.111. The van der Waals surface area contributed by atoms with Gasteiger partial charge in [0.25, 0.3) is 0 Å². The monoisotopic (exact) mass is 308 g/mol. The van der Waals surface area contributed by atoms with Crippen molar-refractivity contribution in [3.05, 3.63) is 70.6 Å².